The molecule has 0 saturated heterocycles. The van der Waals surface area contributed by atoms with E-state index < -0.39 is 0 Å². The summed E-state index contributed by atoms with van der Waals surface area (Å²) in [4.78, 5) is 0. The van der Waals surface area contributed by atoms with E-state index in [0.29, 0.717) is 23.6 Å². The van der Waals surface area contributed by atoms with E-state index in [9.17, 15) is 0 Å². The molecule has 0 bridgehead atoms. The topological polar surface area (TPSA) is 87.7 Å². The van der Waals surface area contributed by atoms with Crippen LogP contribution in [0.3, 0.4) is 0 Å². The smallest absolute Gasteiger partial charge is 0.248 e. The molecule has 0 amide bonds. The molecule has 312 valence electrons. The van der Waals surface area contributed by atoms with Crippen LogP contribution in [0.15, 0.2) is 215 Å². The molecular weight excluding hydrogens is 813 g/mol. The summed E-state index contributed by atoms with van der Waals surface area (Å²) in [6.07, 6.45) is 5.93. The summed E-state index contributed by atoms with van der Waals surface area (Å²) in [5.74, 6) is 2.04. The minimum atomic E-state index is 0.474. The monoisotopic (exact) mass is 850 g/mol. The molecule has 0 fully saturated rings. The second-order valence-electron chi connectivity index (χ2n) is 16.6. The average Bonchev–Trinajstić information content (AvgIpc) is 4.22. The molecule has 0 unspecified atom stereocenters. The van der Waals surface area contributed by atoms with Gasteiger partial charge in [-0.2, -0.15) is 0 Å². The highest BCUT2D eigenvalue weighted by atomic mass is 16.4. The zero-order chi connectivity index (χ0) is 43.6. The van der Waals surface area contributed by atoms with E-state index in [1.54, 1.807) is 0 Å². The Morgan fingerprint density at radius 2 is 0.758 bits per heavy atom. The van der Waals surface area contributed by atoms with Crippen molar-refractivity contribution >= 4 is 54.9 Å². The van der Waals surface area contributed by atoms with Crippen molar-refractivity contribution in [3.63, 3.8) is 0 Å². The zero-order valence-electron chi connectivity index (χ0n) is 35.5. The van der Waals surface area contributed by atoms with Crippen LogP contribution in [0.25, 0.3) is 117 Å². The van der Waals surface area contributed by atoms with Gasteiger partial charge in [0.05, 0.1) is 22.1 Å². The summed E-state index contributed by atoms with van der Waals surface area (Å²) in [5, 5.41) is 22.5. The quantitative estimate of drug-likeness (QED) is 0.151. The van der Waals surface area contributed by atoms with Crippen LogP contribution in [0.5, 0.6) is 0 Å². The standard InChI is InChI=1S/C58H38N6O2/c1-5-17-37(18-6-1)49-51-45-25-13-15-27-47(45)64(44-35-31-42(32-36-44)58-62-60-56(66-58)40-23-11-4-12-24-40)54(51)50(38-19-7-2-8-20-38)52-46-26-14-16-28-48(46)63(53(49)52)43-33-29-41(30-34-43)57-61-59-55(65-57)39-21-9-3-10-22-39/h1-31,33-35H,32,36H2. The molecule has 0 saturated carbocycles. The summed E-state index contributed by atoms with van der Waals surface area (Å²) >= 11 is 0. The Kier molecular flexibility index (Phi) is 8.80. The fourth-order valence-corrected chi connectivity index (χ4v) is 9.87. The van der Waals surface area contributed by atoms with Gasteiger partial charge in [-0.3, -0.25) is 0 Å². The molecule has 66 heavy (non-hydrogen) atoms. The lowest BCUT2D eigenvalue weighted by molar-refractivity contribution is 0.550. The van der Waals surface area contributed by atoms with Crippen molar-refractivity contribution in [3.05, 3.63) is 212 Å². The Bertz CT molecular complexity index is 3840. The minimum Gasteiger partial charge on any atom is -0.416 e. The number of allylic oxidation sites excluding steroid dienone is 4. The van der Waals surface area contributed by atoms with Crippen molar-refractivity contribution < 1.29 is 8.83 Å². The highest BCUT2D eigenvalue weighted by Crippen LogP contribution is 2.52. The van der Waals surface area contributed by atoms with Gasteiger partial charge >= 0.3 is 0 Å². The van der Waals surface area contributed by atoms with Crippen molar-refractivity contribution in [3.8, 4) is 62.3 Å². The van der Waals surface area contributed by atoms with Gasteiger partial charge in [0.25, 0.3) is 0 Å². The van der Waals surface area contributed by atoms with Crippen molar-refractivity contribution in [2.75, 3.05) is 0 Å². The number of nitrogens with zero attached hydrogens (tertiary/aromatic N) is 6. The van der Waals surface area contributed by atoms with Gasteiger partial charge in [-0.05, 0) is 90.7 Å². The third kappa shape index (κ3) is 6.07. The Hall–Kier alpha value is -8.88. The number of rotatable bonds is 8. The van der Waals surface area contributed by atoms with Crippen molar-refractivity contribution in [2.45, 2.75) is 12.8 Å². The van der Waals surface area contributed by atoms with Crippen LogP contribution in [0, 0.1) is 0 Å². The molecule has 0 atom stereocenters. The van der Waals surface area contributed by atoms with Gasteiger partial charge in [0.15, 0.2) is 0 Å². The third-order valence-electron chi connectivity index (χ3n) is 12.8. The summed E-state index contributed by atoms with van der Waals surface area (Å²) in [6, 6.07) is 67.7. The van der Waals surface area contributed by atoms with Crippen LogP contribution >= 0.6 is 0 Å². The van der Waals surface area contributed by atoms with Crippen LogP contribution in [-0.4, -0.2) is 29.5 Å². The van der Waals surface area contributed by atoms with Crippen LogP contribution in [0.1, 0.15) is 18.7 Å². The molecule has 8 aromatic carbocycles. The zero-order valence-corrected chi connectivity index (χ0v) is 35.5. The molecule has 8 nitrogen and oxygen atoms in total. The van der Waals surface area contributed by atoms with Gasteiger partial charge in [0.2, 0.25) is 23.6 Å². The summed E-state index contributed by atoms with van der Waals surface area (Å²) < 4.78 is 17.4. The first-order valence-electron chi connectivity index (χ1n) is 22.2. The number of aromatic nitrogens is 6. The molecule has 0 spiro atoms. The van der Waals surface area contributed by atoms with E-state index in [1.807, 2.05) is 60.7 Å². The molecule has 12 aromatic rings. The number of fused-ring (bicyclic) bond motifs is 6. The van der Waals surface area contributed by atoms with Crippen LogP contribution < -0.4 is 0 Å². The molecule has 4 aromatic heterocycles. The Balaban J connectivity index is 1.08. The number of hydrogen-bond acceptors (Lipinski definition) is 6. The second kappa shape index (κ2) is 15.4. The molecule has 1 aliphatic carbocycles. The van der Waals surface area contributed by atoms with E-state index in [1.165, 1.54) is 43.9 Å². The highest BCUT2D eigenvalue weighted by molar-refractivity contribution is 6.33. The largest absolute Gasteiger partial charge is 0.416 e. The molecule has 1 aliphatic rings. The van der Waals surface area contributed by atoms with E-state index >= 15 is 0 Å². The van der Waals surface area contributed by atoms with Gasteiger partial charge < -0.3 is 18.0 Å². The van der Waals surface area contributed by atoms with Gasteiger partial charge in [0, 0.05) is 66.3 Å². The number of hydrogen-bond donors (Lipinski definition) is 0. The van der Waals surface area contributed by atoms with Crippen LogP contribution in [-0.2, 0) is 0 Å². The SMILES string of the molecule is C1=C(c2nnc(-c3ccccc3)o2)CCC(n2c3ccccc3c3c(-c4ccccc4)c4c(c(-c5ccccc5)c32)c2ccccc2n4-c2ccc(-c3nnc(-c4ccccc4)o3)cc2)=C1. The molecular formula is C58H38N6O2. The number of benzene rings is 8. The maximum absolute atomic E-state index is 6.25. The van der Waals surface area contributed by atoms with Crippen LogP contribution in [0.2, 0.25) is 0 Å². The summed E-state index contributed by atoms with van der Waals surface area (Å²) in [5.41, 5.74) is 15.1. The molecule has 13 rings (SSSR count). The maximum Gasteiger partial charge on any atom is 0.248 e. The molecule has 0 N–H and O–H groups in total. The summed E-state index contributed by atoms with van der Waals surface area (Å²) in [7, 11) is 0. The third-order valence-corrected chi connectivity index (χ3v) is 12.8. The average molecular weight is 851 g/mol. The molecule has 0 radical (unpaired) electrons. The fraction of sp³-hybridized carbons (Fsp3) is 0.0345. The van der Waals surface area contributed by atoms with E-state index in [0.717, 1.165) is 68.5 Å². The normalized spacial score (nSPS) is 12.9. The van der Waals surface area contributed by atoms with Crippen molar-refractivity contribution in [1.29, 1.82) is 0 Å². The van der Waals surface area contributed by atoms with Crippen LogP contribution in [0.4, 0.5) is 0 Å². The van der Waals surface area contributed by atoms with Crippen molar-refractivity contribution in [1.82, 2.24) is 29.5 Å². The fourth-order valence-electron chi connectivity index (χ4n) is 9.87. The van der Waals surface area contributed by atoms with Gasteiger partial charge in [-0.15, -0.1) is 20.4 Å². The number of para-hydroxylation sites is 2. The van der Waals surface area contributed by atoms with Crippen molar-refractivity contribution in [2.24, 2.45) is 0 Å². The Labute approximate surface area is 379 Å². The predicted octanol–water partition coefficient (Wildman–Crippen LogP) is 14.7. The molecule has 8 heteroatoms. The predicted molar refractivity (Wildman–Crippen MR) is 265 cm³/mol. The second-order valence-corrected chi connectivity index (χ2v) is 16.6. The first-order chi connectivity index (χ1) is 32.8. The molecule has 4 heterocycles. The molecule has 0 aliphatic heterocycles. The van der Waals surface area contributed by atoms with Gasteiger partial charge in [-0.25, -0.2) is 0 Å². The van der Waals surface area contributed by atoms with Gasteiger partial charge in [-0.1, -0.05) is 140 Å². The van der Waals surface area contributed by atoms with E-state index in [-0.39, 0.29) is 0 Å². The maximum atomic E-state index is 6.25. The van der Waals surface area contributed by atoms with Gasteiger partial charge in [0.1, 0.15) is 0 Å². The lowest BCUT2D eigenvalue weighted by Gasteiger charge is -2.20. The van der Waals surface area contributed by atoms with E-state index in [2.05, 4.69) is 175 Å². The first-order valence-corrected chi connectivity index (χ1v) is 22.2. The highest BCUT2D eigenvalue weighted by Gasteiger charge is 2.30. The minimum absolute atomic E-state index is 0.474. The van der Waals surface area contributed by atoms with E-state index in [4.69, 9.17) is 8.83 Å². The first kappa shape index (κ1) is 37.7. The lowest BCUT2D eigenvalue weighted by atomic mass is 9.89. The summed E-state index contributed by atoms with van der Waals surface area (Å²) in [6.45, 7) is 0. The Morgan fingerprint density at radius 1 is 0.348 bits per heavy atom. The lowest BCUT2D eigenvalue weighted by Crippen LogP contribution is -2.03. The Morgan fingerprint density at radius 3 is 1.26 bits per heavy atom.